The SMILES string of the molecule is CCC(C)NC(=O)C(C)(C)C(=O)N1CCN(c2ccccc2F)CC1. The lowest BCUT2D eigenvalue weighted by Gasteiger charge is -2.39. The third-order valence-corrected chi connectivity index (χ3v) is 4.85. The Hall–Kier alpha value is -2.11. The summed E-state index contributed by atoms with van der Waals surface area (Å²) in [6.07, 6.45) is 0.817. The van der Waals surface area contributed by atoms with Crippen LogP contribution < -0.4 is 10.2 Å². The van der Waals surface area contributed by atoms with Crippen molar-refractivity contribution in [3.63, 3.8) is 0 Å². The summed E-state index contributed by atoms with van der Waals surface area (Å²) in [5, 5.41) is 2.89. The molecule has 1 N–H and O–H groups in total. The zero-order valence-corrected chi connectivity index (χ0v) is 15.5. The molecular weight excluding hydrogens is 321 g/mol. The van der Waals surface area contributed by atoms with Crippen LogP contribution in [0.25, 0.3) is 0 Å². The van der Waals surface area contributed by atoms with E-state index in [1.807, 2.05) is 18.7 Å². The first-order valence-corrected chi connectivity index (χ1v) is 8.87. The second-order valence-electron chi connectivity index (χ2n) is 7.14. The van der Waals surface area contributed by atoms with Gasteiger partial charge in [-0.1, -0.05) is 19.1 Å². The number of hydrogen-bond acceptors (Lipinski definition) is 3. The first kappa shape index (κ1) is 19.2. The van der Waals surface area contributed by atoms with Crippen LogP contribution in [0, 0.1) is 11.2 Å². The molecule has 2 rings (SSSR count). The number of hydrogen-bond donors (Lipinski definition) is 1. The molecule has 1 aromatic rings. The van der Waals surface area contributed by atoms with Crippen molar-refractivity contribution in [3.05, 3.63) is 30.1 Å². The molecule has 138 valence electrons. The van der Waals surface area contributed by atoms with Crippen molar-refractivity contribution < 1.29 is 14.0 Å². The molecule has 1 unspecified atom stereocenters. The Labute approximate surface area is 149 Å². The molecule has 5 nitrogen and oxygen atoms in total. The van der Waals surface area contributed by atoms with Crippen molar-refractivity contribution in [1.29, 1.82) is 0 Å². The van der Waals surface area contributed by atoms with Crippen LogP contribution in [0.5, 0.6) is 0 Å². The maximum Gasteiger partial charge on any atom is 0.237 e. The van der Waals surface area contributed by atoms with Gasteiger partial charge in [-0.2, -0.15) is 0 Å². The van der Waals surface area contributed by atoms with E-state index in [0.29, 0.717) is 31.9 Å². The zero-order valence-electron chi connectivity index (χ0n) is 15.5. The van der Waals surface area contributed by atoms with E-state index in [1.54, 1.807) is 36.9 Å². The summed E-state index contributed by atoms with van der Waals surface area (Å²) in [6, 6.07) is 6.69. The minimum absolute atomic E-state index is 0.0393. The Morgan fingerprint density at radius 2 is 1.80 bits per heavy atom. The normalized spacial score (nSPS) is 16.5. The molecule has 0 radical (unpaired) electrons. The van der Waals surface area contributed by atoms with Crippen LogP contribution in [0.4, 0.5) is 10.1 Å². The van der Waals surface area contributed by atoms with E-state index in [-0.39, 0.29) is 23.7 Å². The van der Waals surface area contributed by atoms with Crippen LogP contribution in [-0.2, 0) is 9.59 Å². The number of piperazine rings is 1. The molecule has 1 fully saturated rings. The number of amides is 2. The average Bonchev–Trinajstić information content (AvgIpc) is 2.61. The summed E-state index contributed by atoms with van der Waals surface area (Å²) in [5.41, 5.74) is -0.549. The molecule has 0 saturated carbocycles. The number of para-hydroxylation sites is 1. The van der Waals surface area contributed by atoms with E-state index in [9.17, 15) is 14.0 Å². The third-order valence-electron chi connectivity index (χ3n) is 4.85. The number of rotatable bonds is 5. The predicted molar refractivity (Wildman–Crippen MR) is 96.9 cm³/mol. The lowest BCUT2D eigenvalue weighted by Crippen LogP contribution is -2.56. The number of nitrogens with one attached hydrogen (secondary N) is 1. The predicted octanol–water partition coefficient (Wildman–Crippen LogP) is 2.42. The molecule has 25 heavy (non-hydrogen) atoms. The molecule has 0 aliphatic carbocycles. The van der Waals surface area contributed by atoms with E-state index in [2.05, 4.69) is 5.32 Å². The highest BCUT2D eigenvalue weighted by Crippen LogP contribution is 2.24. The molecule has 1 atom stereocenters. The Morgan fingerprint density at radius 1 is 1.20 bits per heavy atom. The van der Waals surface area contributed by atoms with Crippen molar-refractivity contribution in [2.45, 2.75) is 40.2 Å². The van der Waals surface area contributed by atoms with Gasteiger partial charge in [0.15, 0.2) is 0 Å². The van der Waals surface area contributed by atoms with Crippen molar-refractivity contribution in [2.75, 3.05) is 31.1 Å². The Morgan fingerprint density at radius 3 is 2.36 bits per heavy atom. The zero-order chi connectivity index (χ0) is 18.6. The van der Waals surface area contributed by atoms with Gasteiger partial charge < -0.3 is 15.1 Å². The summed E-state index contributed by atoms with van der Waals surface area (Å²) < 4.78 is 13.9. The fraction of sp³-hybridized carbons (Fsp3) is 0.579. The van der Waals surface area contributed by atoms with Gasteiger partial charge >= 0.3 is 0 Å². The minimum Gasteiger partial charge on any atom is -0.366 e. The maximum atomic E-state index is 13.9. The first-order chi connectivity index (χ1) is 11.8. The van der Waals surface area contributed by atoms with E-state index < -0.39 is 5.41 Å². The highest BCUT2D eigenvalue weighted by molar-refractivity contribution is 6.04. The second-order valence-corrected chi connectivity index (χ2v) is 7.14. The van der Waals surface area contributed by atoms with Crippen LogP contribution in [-0.4, -0.2) is 48.9 Å². The van der Waals surface area contributed by atoms with Gasteiger partial charge in [-0.25, -0.2) is 4.39 Å². The van der Waals surface area contributed by atoms with Gasteiger partial charge in [0.25, 0.3) is 0 Å². The summed E-state index contributed by atoms with van der Waals surface area (Å²) in [5.74, 6) is -0.680. The highest BCUT2D eigenvalue weighted by Gasteiger charge is 2.40. The van der Waals surface area contributed by atoms with Gasteiger partial charge in [-0.3, -0.25) is 9.59 Å². The molecule has 1 saturated heterocycles. The Kier molecular flexibility index (Phi) is 6.03. The van der Waals surface area contributed by atoms with Gasteiger partial charge in [0.1, 0.15) is 11.2 Å². The summed E-state index contributed by atoms with van der Waals surface area (Å²) in [4.78, 5) is 28.9. The summed E-state index contributed by atoms with van der Waals surface area (Å²) in [6.45, 7) is 9.30. The molecule has 1 aromatic carbocycles. The molecule has 1 aliphatic rings. The quantitative estimate of drug-likeness (QED) is 0.831. The lowest BCUT2D eigenvalue weighted by molar-refractivity contribution is -0.149. The van der Waals surface area contributed by atoms with Crippen LogP contribution in [0.1, 0.15) is 34.1 Å². The van der Waals surface area contributed by atoms with Crippen molar-refractivity contribution >= 4 is 17.5 Å². The molecule has 0 aromatic heterocycles. The maximum absolute atomic E-state index is 13.9. The van der Waals surface area contributed by atoms with Gasteiger partial charge in [-0.15, -0.1) is 0 Å². The van der Waals surface area contributed by atoms with Gasteiger partial charge in [0, 0.05) is 32.2 Å². The second kappa shape index (κ2) is 7.85. The van der Waals surface area contributed by atoms with Crippen LogP contribution >= 0.6 is 0 Å². The van der Waals surface area contributed by atoms with Crippen LogP contribution in [0.3, 0.4) is 0 Å². The first-order valence-electron chi connectivity index (χ1n) is 8.87. The van der Waals surface area contributed by atoms with Crippen LogP contribution in [0.2, 0.25) is 0 Å². The topological polar surface area (TPSA) is 52.7 Å². The van der Waals surface area contributed by atoms with Gasteiger partial charge in [0.2, 0.25) is 11.8 Å². The third kappa shape index (κ3) is 4.30. The van der Waals surface area contributed by atoms with Crippen molar-refractivity contribution in [3.8, 4) is 0 Å². The fourth-order valence-electron chi connectivity index (χ4n) is 2.86. The van der Waals surface area contributed by atoms with E-state index in [4.69, 9.17) is 0 Å². The van der Waals surface area contributed by atoms with E-state index >= 15 is 0 Å². The van der Waals surface area contributed by atoms with Crippen LogP contribution in [0.15, 0.2) is 24.3 Å². The monoisotopic (exact) mass is 349 g/mol. The molecule has 2 amide bonds. The number of nitrogens with zero attached hydrogens (tertiary/aromatic N) is 2. The number of carbonyl (C=O) groups excluding carboxylic acids is 2. The molecule has 1 aliphatic heterocycles. The smallest absolute Gasteiger partial charge is 0.237 e. The van der Waals surface area contributed by atoms with E-state index in [1.165, 1.54) is 6.07 Å². The Balaban J connectivity index is 1.98. The molecular formula is C19H28FN3O2. The largest absolute Gasteiger partial charge is 0.366 e. The van der Waals surface area contributed by atoms with Crippen molar-refractivity contribution in [1.82, 2.24) is 10.2 Å². The number of carbonyl (C=O) groups is 2. The number of anilines is 1. The molecule has 6 heteroatoms. The standard InChI is InChI=1S/C19H28FN3O2/c1-5-14(2)21-17(24)19(3,4)18(25)23-12-10-22(11-13-23)16-9-7-6-8-15(16)20/h6-9,14H,5,10-13H2,1-4H3,(H,21,24). The average molecular weight is 349 g/mol. The number of benzene rings is 1. The lowest BCUT2D eigenvalue weighted by atomic mass is 9.89. The highest BCUT2D eigenvalue weighted by atomic mass is 19.1. The molecule has 1 heterocycles. The molecule has 0 spiro atoms. The minimum atomic E-state index is -1.11. The molecule has 0 bridgehead atoms. The van der Waals surface area contributed by atoms with Crippen molar-refractivity contribution in [2.24, 2.45) is 5.41 Å². The Bertz CT molecular complexity index is 625. The fourth-order valence-corrected chi connectivity index (χ4v) is 2.86. The van der Waals surface area contributed by atoms with Gasteiger partial charge in [-0.05, 0) is 39.3 Å². The van der Waals surface area contributed by atoms with Gasteiger partial charge in [0.05, 0.1) is 5.69 Å². The number of halogens is 1. The summed E-state index contributed by atoms with van der Waals surface area (Å²) >= 11 is 0. The van der Waals surface area contributed by atoms with E-state index in [0.717, 1.165) is 6.42 Å². The summed E-state index contributed by atoms with van der Waals surface area (Å²) in [7, 11) is 0.